The molecule has 3 aromatic rings. The number of anilines is 1. The molecule has 0 spiro atoms. The van der Waals surface area contributed by atoms with Crippen molar-refractivity contribution < 1.29 is 19.1 Å². The van der Waals surface area contributed by atoms with Gasteiger partial charge in [-0.3, -0.25) is 14.6 Å². The minimum Gasteiger partial charge on any atom is -0.496 e. The first kappa shape index (κ1) is 20.3. The van der Waals surface area contributed by atoms with Crippen LogP contribution in [0.3, 0.4) is 0 Å². The van der Waals surface area contributed by atoms with Gasteiger partial charge >= 0.3 is 5.97 Å². The van der Waals surface area contributed by atoms with Crippen molar-refractivity contribution >= 4 is 28.5 Å². The third kappa shape index (κ3) is 4.21. The maximum Gasteiger partial charge on any atom is 0.310 e. The molecule has 150 valence electrons. The number of amides is 1. The maximum atomic E-state index is 13.3. The standard InChI is InChI=1S/C23H24N2O4/c1-5-29-19(26)13-17-12-14(2)22(28-4)15(3)20(17)23(27)25-18-10-6-8-16-9-7-11-24-21(16)18/h6-12H,5,13H2,1-4H3,(H,25,27). The number of aryl methyl sites for hydroxylation is 1. The first-order chi connectivity index (χ1) is 14.0. The van der Waals surface area contributed by atoms with Crippen molar-refractivity contribution in [3.63, 3.8) is 0 Å². The van der Waals surface area contributed by atoms with Crippen molar-refractivity contribution in [3.05, 3.63) is 64.8 Å². The van der Waals surface area contributed by atoms with Crippen LogP contribution in [-0.2, 0) is 16.0 Å². The third-order valence-electron chi connectivity index (χ3n) is 4.74. The van der Waals surface area contributed by atoms with Crippen molar-refractivity contribution in [2.24, 2.45) is 0 Å². The highest BCUT2D eigenvalue weighted by molar-refractivity contribution is 6.10. The number of benzene rings is 2. The largest absolute Gasteiger partial charge is 0.496 e. The van der Waals surface area contributed by atoms with Crippen LogP contribution in [0, 0.1) is 13.8 Å². The number of ether oxygens (including phenoxy) is 2. The second-order valence-corrected chi connectivity index (χ2v) is 6.70. The fourth-order valence-corrected chi connectivity index (χ4v) is 3.58. The number of esters is 1. The zero-order chi connectivity index (χ0) is 21.0. The smallest absolute Gasteiger partial charge is 0.310 e. The van der Waals surface area contributed by atoms with Crippen molar-refractivity contribution in [1.82, 2.24) is 4.98 Å². The van der Waals surface area contributed by atoms with Gasteiger partial charge in [-0.2, -0.15) is 0 Å². The summed E-state index contributed by atoms with van der Waals surface area (Å²) >= 11 is 0. The van der Waals surface area contributed by atoms with Gasteiger partial charge in [0, 0.05) is 17.1 Å². The zero-order valence-electron chi connectivity index (χ0n) is 17.0. The highest BCUT2D eigenvalue weighted by Crippen LogP contribution is 2.31. The van der Waals surface area contributed by atoms with Gasteiger partial charge in [0.25, 0.3) is 5.91 Å². The number of aromatic nitrogens is 1. The number of carbonyl (C=O) groups excluding carboxylic acids is 2. The predicted molar refractivity (Wildman–Crippen MR) is 113 cm³/mol. The minimum atomic E-state index is -0.377. The van der Waals surface area contributed by atoms with Gasteiger partial charge in [0.05, 0.1) is 36.9 Å². The number of methoxy groups -OCH3 is 1. The quantitative estimate of drug-likeness (QED) is 0.636. The molecule has 0 fully saturated rings. The Kier molecular flexibility index (Phi) is 6.12. The molecule has 29 heavy (non-hydrogen) atoms. The van der Waals surface area contributed by atoms with E-state index >= 15 is 0 Å². The van der Waals surface area contributed by atoms with Crippen LogP contribution in [0.2, 0.25) is 0 Å². The molecule has 6 heteroatoms. The van der Waals surface area contributed by atoms with Gasteiger partial charge in [0.2, 0.25) is 0 Å². The van der Waals surface area contributed by atoms with E-state index < -0.39 is 0 Å². The molecule has 0 aliphatic carbocycles. The van der Waals surface area contributed by atoms with E-state index in [1.807, 2.05) is 38.1 Å². The molecule has 1 amide bonds. The highest BCUT2D eigenvalue weighted by Gasteiger charge is 2.22. The number of nitrogens with zero attached hydrogens (tertiary/aromatic N) is 1. The van der Waals surface area contributed by atoms with Gasteiger partial charge in [0.15, 0.2) is 0 Å². The third-order valence-corrected chi connectivity index (χ3v) is 4.74. The Morgan fingerprint density at radius 1 is 1.14 bits per heavy atom. The summed E-state index contributed by atoms with van der Waals surface area (Å²) in [5, 5.41) is 3.88. The average Bonchev–Trinajstić information content (AvgIpc) is 2.68. The second-order valence-electron chi connectivity index (χ2n) is 6.70. The van der Waals surface area contributed by atoms with Crippen LogP contribution in [0.5, 0.6) is 5.75 Å². The van der Waals surface area contributed by atoms with E-state index in [9.17, 15) is 9.59 Å². The molecule has 1 heterocycles. The van der Waals surface area contributed by atoms with Crippen molar-refractivity contribution in [2.45, 2.75) is 27.2 Å². The number of para-hydroxylation sites is 1. The van der Waals surface area contributed by atoms with E-state index in [2.05, 4.69) is 10.3 Å². The van der Waals surface area contributed by atoms with Crippen LogP contribution in [0.25, 0.3) is 10.9 Å². The Balaban J connectivity index is 2.05. The first-order valence-corrected chi connectivity index (χ1v) is 9.44. The monoisotopic (exact) mass is 392 g/mol. The van der Waals surface area contributed by atoms with Gasteiger partial charge in [-0.05, 0) is 44.0 Å². The topological polar surface area (TPSA) is 77.5 Å². The predicted octanol–water partition coefficient (Wildman–Crippen LogP) is 4.22. The lowest BCUT2D eigenvalue weighted by molar-refractivity contribution is -0.142. The average molecular weight is 392 g/mol. The van der Waals surface area contributed by atoms with E-state index in [0.29, 0.717) is 33.6 Å². The molecular formula is C23H24N2O4. The summed E-state index contributed by atoms with van der Waals surface area (Å²) in [6, 6.07) is 11.2. The number of carbonyl (C=O) groups is 2. The molecule has 0 atom stereocenters. The molecular weight excluding hydrogens is 368 g/mol. The fourth-order valence-electron chi connectivity index (χ4n) is 3.58. The van der Waals surface area contributed by atoms with Crippen LogP contribution in [0.15, 0.2) is 42.6 Å². The number of pyridine rings is 1. The van der Waals surface area contributed by atoms with E-state index in [4.69, 9.17) is 9.47 Å². The SMILES string of the molecule is CCOC(=O)Cc1cc(C)c(OC)c(C)c1C(=O)Nc1cccc2cccnc12. The van der Waals surface area contributed by atoms with Crippen LogP contribution < -0.4 is 10.1 Å². The Morgan fingerprint density at radius 3 is 2.62 bits per heavy atom. The number of hydrogen-bond acceptors (Lipinski definition) is 5. The van der Waals surface area contributed by atoms with Crippen molar-refractivity contribution in [2.75, 3.05) is 19.0 Å². The lowest BCUT2D eigenvalue weighted by Gasteiger charge is -2.18. The van der Waals surface area contributed by atoms with Crippen LogP contribution in [0.4, 0.5) is 5.69 Å². The Labute approximate surface area is 169 Å². The summed E-state index contributed by atoms with van der Waals surface area (Å²) in [7, 11) is 1.57. The van der Waals surface area contributed by atoms with Gasteiger partial charge < -0.3 is 14.8 Å². The van der Waals surface area contributed by atoms with E-state index in [0.717, 1.165) is 10.9 Å². The molecule has 0 saturated heterocycles. The van der Waals surface area contributed by atoms with E-state index in [1.54, 1.807) is 32.4 Å². The van der Waals surface area contributed by atoms with E-state index in [-0.39, 0.29) is 24.9 Å². The summed E-state index contributed by atoms with van der Waals surface area (Å²) in [6.07, 6.45) is 1.69. The minimum absolute atomic E-state index is 0.00998. The zero-order valence-corrected chi connectivity index (χ0v) is 17.0. The van der Waals surface area contributed by atoms with Gasteiger partial charge in [0.1, 0.15) is 5.75 Å². The molecule has 1 aromatic heterocycles. The molecule has 0 aliphatic heterocycles. The Bertz CT molecular complexity index is 1070. The van der Waals surface area contributed by atoms with Crippen LogP contribution in [-0.4, -0.2) is 30.6 Å². The number of nitrogens with one attached hydrogen (secondary N) is 1. The Hall–Kier alpha value is -3.41. The normalized spacial score (nSPS) is 10.6. The summed E-state index contributed by atoms with van der Waals surface area (Å²) in [6.45, 7) is 5.74. The molecule has 0 bridgehead atoms. The summed E-state index contributed by atoms with van der Waals surface area (Å²) in [4.78, 5) is 29.8. The number of hydrogen-bond donors (Lipinski definition) is 1. The van der Waals surface area contributed by atoms with Gasteiger partial charge in [-0.15, -0.1) is 0 Å². The molecule has 6 nitrogen and oxygen atoms in total. The fraction of sp³-hybridized carbons (Fsp3) is 0.261. The lowest BCUT2D eigenvalue weighted by atomic mass is 9.94. The molecule has 0 aliphatic rings. The molecule has 3 rings (SSSR count). The second kappa shape index (κ2) is 8.73. The molecule has 0 saturated carbocycles. The molecule has 0 unspecified atom stereocenters. The Morgan fingerprint density at radius 2 is 1.90 bits per heavy atom. The van der Waals surface area contributed by atoms with Gasteiger partial charge in [-0.1, -0.05) is 24.3 Å². The summed E-state index contributed by atoms with van der Waals surface area (Å²) in [5.74, 6) is -0.0746. The van der Waals surface area contributed by atoms with Crippen LogP contribution in [0.1, 0.15) is 34.0 Å². The molecule has 0 radical (unpaired) electrons. The first-order valence-electron chi connectivity index (χ1n) is 9.44. The summed E-state index contributed by atoms with van der Waals surface area (Å²) in [5.41, 5.74) is 3.85. The number of rotatable bonds is 6. The van der Waals surface area contributed by atoms with Crippen molar-refractivity contribution in [3.8, 4) is 5.75 Å². The number of fused-ring (bicyclic) bond motifs is 1. The van der Waals surface area contributed by atoms with Crippen molar-refractivity contribution in [1.29, 1.82) is 0 Å². The molecule has 2 aromatic carbocycles. The van der Waals surface area contributed by atoms with E-state index in [1.165, 1.54) is 0 Å². The molecule has 1 N–H and O–H groups in total. The lowest BCUT2D eigenvalue weighted by Crippen LogP contribution is -2.19. The highest BCUT2D eigenvalue weighted by atomic mass is 16.5. The maximum absolute atomic E-state index is 13.3. The van der Waals surface area contributed by atoms with Gasteiger partial charge in [-0.25, -0.2) is 0 Å². The summed E-state index contributed by atoms with van der Waals surface area (Å²) < 4.78 is 10.6. The van der Waals surface area contributed by atoms with Crippen LogP contribution >= 0.6 is 0 Å².